The Morgan fingerprint density at radius 3 is 2.95 bits per heavy atom. The van der Waals surface area contributed by atoms with Gasteiger partial charge in [-0.05, 0) is 38.6 Å². The molecular formula is C14H24N4O. The van der Waals surface area contributed by atoms with Crippen LogP contribution in [0.4, 0.5) is 0 Å². The molecule has 1 aromatic heterocycles. The van der Waals surface area contributed by atoms with E-state index in [1.54, 1.807) is 0 Å². The Morgan fingerprint density at radius 1 is 1.42 bits per heavy atom. The summed E-state index contributed by atoms with van der Waals surface area (Å²) in [5.74, 6) is 0.599. The van der Waals surface area contributed by atoms with Crippen molar-refractivity contribution >= 4 is 0 Å². The molecule has 2 atom stereocenters. The third kappa shape index (κ3) is 2.67. The van der Waals surface area contributed by atoms with Gasteiger partial charge in [0.05, 0.1) is 23.5 Å². The largest absolute Gasteiger partial charge is 0.375 e. The third-order valence-electron chi connectivity index (χ3n) is 4.83. The second kappa shape index (κ2) is 5.59. The Hall–Kier alpha value is -0.940. The molecule has 1 spiro atoms. The predicted molar refractivity (Wildman–Crippen MR) is 72.7 cm³/mol. The summed E-state index contributed by atoms with van der Waals surface area (Å²) in [7, 11) is 2.02. The molecule has 2 heterocycles. The first-order valence-corrected chi connectivity index (χ1v) is 7.50. The van der Waals surface area contributed by atoms with Crippen molar-refractivity contribution < 1.29 is 4.74 Å². The second-order valence-corrected chi connectivity index (χ2v) is 6.01. The molecule has 19 heavy (non-hydrogen) atoms. The van der Waals surface area contributed by atoms with Gasteiger partial charge in [-0.25, -0.2) is 0 Å². The van der Waals surface area contributed by atoms with Crippen LogP contribution in [0, 0.1) is 5.92 Å². The molecule has 2 N–H and O–H groups in total. The van der Waals surface area contributed by atoms with Crippen LogP contribution >= 0.6 is 0 Å². The van der Waals surface area contributed by atoms with Crippen molar-refractivity contribution in [2.45, 2.75) is 56.6 Å². The number of hydrogen-bond donors (Lipinski definition) is 2. The molecule has 5 nitrogen and oxygen atoms in total. The van der Waals surface area contributed by atoms with Crippen molar-refractivity contribution in [1.82, 2.24) is 20.7 Å². The molecule has 1 aliphatic heterocycles. The fourth-order valence-electron chi connectivity index (χ4n) is 3.88. The van der Waals surface area contributed by atoms with E-state index in [0.29, 0.717) is 12.0 Å². The zero-order valence-electron chi connectivity index (χ0n) is 11.7. The SMILES string of the molecule is CNC(c1cn[nH]n1)C1CCOC2(CCCCC2)C1. The Balaban J connectivity index is 1.73. The summed E-state index contributed by atoms with van der Waals surface area (Å²) in [6, 6.07) is 0.293. The lowest BCUT2D eigenvalue weighted by molar-refractivity contribution is -0.122. The lowest BCUT2D eigenvalue weighted by atomic mass is 9.73. The number of nitrogens with zero attached hydrogens (tertiary/aromatic N) is 2. The van der Waals surface area contributed by atoms with Crippen molar-refractivity contribution in [3.05, 3.63) is 11.9 Å². The molecule has 1 aromatic rings. The van der Waals surface area contributed by atoms with E-state index in [2.05, 4.69) is 20.7 Å². The van der Waals surface area contributed by atoms with Crippen LogP contribution in [-0.4, -0.2) is 34.7 Å². The minimum Gasteiger partial charge on any atom is -0.375 e. The smallest absolute Gasteiger partial charge is 0.0996 e. The molecule has 0 radical (unpaired) electrons. The molecule has 1 saturated heterocycles. The summed E-state index contributed by atoms with van der Waals surface area (Å²) in [5.41, 5.74) is 1.18. The van der Waals surface area contributed by atoms with Crippen molar-refractivity contribution in [3.63, 3.8) is 0 Å². The van der Waals surface area contributed by atoms with Gasteiger partial charge in [-0.1, -0.05) is 19.3 Å². The Labute approximate surface area is 114 Å². The highest BCUT2D eigenvalue weighted by atomic mass is 16.5. The average Bonchev–Trinajstić information content (AvgIpc) is 2.95. The van der Waals surface area contributed by atoms with Crippen LogP contribution in [0.1, 0.15) is 56.7 Å². The molecule has 2 aliphatic rings. The predicted octanol–water partition coefficient (Wildman–Crippen LogP) is 2.19. The normalized spacial score (nSPS) is 28.4. The highest BCUT2D eigenvalue weighted by Gasteiger charge is 2.41. The number of hydrogen-bond acceptors (Lipinski definition) is 4. The topological polar surface area (TPSA) is 62.8 Å². The molecule has 2 fully saturated rings. The van der Waals surface area contributed by atoms with Gasteiger partial charge >= 0.3 is 0 Å². The molecule has 1 saturated carbocycles. The molecule has 0 amide bonds. The number of aromatic nitrogens is 3. The zero-order valence-corrected chi connectivity index (χ0v) is 11.7. The maximum atomic E-state index is 6.18. The molecule has 0 bridgehead atoms. The van der Waals surface area contributed by atoms with Gasteiger partial charge in [0.25, 0.3) is 0 Å². The lowest BCUT2D eigenvalue weighted by Crippen LogP contribution is -2.44. The van der Waals surface area contributed by atoms with E-state index in [-0.39, 0.29) is 5.60 Å². The average molecular weight is 264 g/mol. The second-order valence-electron chi connectivity index (χ2n) is 6.01. The zero-order chi connectivity index (χ0) is 13.1. The van der Waals surface area contributed by atoms with Crippen LogP contribution < -0.4 is 5.32 Å². The Bertz CT molecular complexity index is 381. The quantitative estimate of drug-likeness (QED) is 0.878. The van der Waals surface area contributed by atoms with Crippen LogP contribution in [0.15, 0.2) is 6.20 Å². The van der Waals surface area contributed by atoms with Gasteiger partial charge in [-0.3, -0.25) is 0 Å². The lowest BCUT2D eigenvalue weighted by Gasteiger charge is -2.45. The highest BCUT2D eigenvalue weighted by molar-refractivity contribution is 5.04. The van der Waals surface area contributed by atoms with Gasteiger partial charge in [0.2, 0.25) is 0 Å². The molecule has 1 aliphatic carbocycles. The summed E-state index contributed by atoms with van der Waals surface area (Å²) in [6.45, 7) is 0.890. The van der Waals surface area contributed by atoms with E-state index in [1.165, 1.54) is 32.1 Å². The first kappa shape index (κ1) is 13.1. The van der Waals surface area contributed by atoms with Crippen molar-refractivity contribution in [2.24, 2.45) is 5.92 Å². The fraction of sp³-hybridized carbons (Fsp3) is 0.857. The summed E-state index contributed by atoms with van der Waals surface area (Å²) in [4.78, 5) is 0. The van der Waals surface area contributed by atoms with Gasteiger partial charge in [-0.2, -0.15) is 15.4 Å². The van der Waals surface area contributed by atoms with E-state index in [4.69, 9.17) is 4.74 Å². The van der Waals surface area contributed by atoms with Crippen molar-refractivity contribution in [1.29, 1.82) is 0 Å². The number of H-pyrrole nitrogens is 1. The monoisotopic (exact) mass is 264 g/mol. The molecular weight excluding hydrogens is 240 g/mol. The highest BCUT2D eigenvalue weighted by Crippen LogP contribution is 2.43. The Kier molecular flexibility index (Phi) is 3.84. The van der Waals surface area contributed by atoms with Gasteiger partial charge in [0, 0.05) is 6.61 Å². The first-order chi connectivity index (χ1) is 9.33. The standard InChI is InChI=1S/C14H24N4O/c1-15-13(12-10-16-18-17-12)11-5-8-19-14(9-11)6-3-2-4-7-14/h10-11,13,15H,2-9H2,1H3,(H,16,17,18). The van der Waals surface area contributed by atoms with Crippen LogP contribution in [0.5, 0.6) is 0 Å². The first-order valence-electron chi connectivity index (χ1n) is 7.50. The number of nitrogens with one attached hydrogen (secondary N) is 2. The van der Waals surface area contributed by atoms with Crippen LogP contribution in [-0.2, 0) is 4.74 Å². The Morgan fingerprint density at radius 2 is 2.26 bits per heavy atom. The van der Waals surface area contributed by atoms with Crippen LogP contribution in [0.3, 0.4) is 0 Å². The van der Waals surface area contributed by atoms with E-state index >= 15 is 0 Å². The van der Waals surface area contributed by atoms with E-state index in [0.717, 1.165) is 25.1 Å². The minimum absolute atomic E-state index is 0.153. The molecule has 106 valence electrons. The number of rotatable bonds is 3. The fourth-order valence-corrected chi connectivity index (χ4v) is 3.88. The molecule has 0 aromatic carbocycles. The minimum atomic E-state index is 0.153. The van der Waals surface area contributed by atoms with Gasteiger partial charge in [-0.15, -0.1) is 0 Å². The summed E-state index contributed by atoms with van der Waals surface area (Å²) in [6.07, 6.45) is 10.6. The third-order valence-corrected chi connectivity index (χ3v) is 4.83. The van der Waals surface area contributed by atoms with Crippen LogP contribution in [0.2, 0.25) is 0 Å². The summed E-state index contributed by atoms with van der Waals surface area (Å²) in [5, 5.41) is 14.3. The summed E-state index contributed by atoms with van der Waals surface area (Å²) < 4.78 is 6.18. The van der Waals surface area contributed by atoms with E-state index in [9.17, 15) is 0 Å². The maximum Gasteiger partial charge on any atom is 0.0996 e. The van der Waals surface area contributed by atoms with Crippen LogP contribution in [0.25, 0.3) is 0 Å². The molecule has 5 heteroatoms. The van der Waals surface area contributed by atoms with Crippen molar-refractivity contribution in [2.75, 3.05) is 13.7 Å². The van der Waals surface area contributed by atoms with Gasteiger partial charge in [0.1, 0.15) is 0 Å². The van der Waals surface area contributed by atoms with Gasteiger partial charge in [0.15, 0.2) is 0 Å². The van der Waals surface area contributed by atoms with E-state index < -0.39 is 0 Å². The molecule has 3 rings (SSSR count). The number of ether oxygens (including phenoxy) is 1. The van der Waals surface area contributed by atoms with Crippen molar-refractivity contribution in [3.8, 4) is 0 Å². The number of aromatic amines is 1. The van der Waals surface area contributed by atoms with E-state index in [1.807, 2.05) is 13.2 Å². The molecule has 2 unspecified atom stereocenters. The van der Waals surface area contributed by atoms with Gasteiger partial charge < -0.3 is 10.1 Å². The summed E-state index contributed by atoms with van der Waals surface area (Å²) >= 11 is 0. The maximum absolute atomic E-state index is 6.18.